The van der Waals surface area contributed by atoms with Crippen molar-refractivity contribution in [2.24, 2.45) is 0 Å². The average molecular weight is 264 g/mol. The van der Waals surface area contributed by atoms with E-state index in [9.17, 15) is 9.18 Å². The first-order valence-corrected chi connectivity index (χ1v) is 6.69. The average Bonchev–Trinajstić information content (AvgIpc) is 2.96. The molecule has 3 rings (SSSR count). The molecule has 1 unspecified atom stereocenters. The van der Waals surface area contributed by atoms with Crippen LogP contribution in [0.2, 0.25) is 0 Å². The molecule has 5 heteroatoms. The molecule has 1 fully saturated rings. The Morgan fingerprint density at radius 2 is 2.37 bits per heavy atom. The highest BCUT2D eigenvalue weighted by Crippen LogP contribution is 2.25. The van der Waals surface area contributed by atoms with E-state index in [0.717, 1.165) is 18.5 Å². The van der Waals surface area contributed by atoms with Crippen LogP contribution >= 0.6 is 0 Å². The van der Waals surface area contributed by atoms with Crippen molar-refractivity contribution in [3.05, 3.63) is 29.1 Å². The third-order valence-corrected chi connectivity index (χ3v) is 3.69. The summed E-state index contributed by atoms with van der Waals surface area (Å²) >= 11 is 0. The molecule has 0 radical (unpaired) electrons. The maximum absolute atomic E-state index is 14.3. The van der Waals surface area contributed by atoms with Crippen LogP contribution in [0.3, 0.4) is 0 Å². The molecule has 2 aliphatic rings. The topological polar surface area (TPSA) is 50.4 Å². The normalized spacial score (nSPS) is 22.1. The lowest BCUT2D eigenvalue weighted by Crippen LogP contribution is -2.28. The van der Waals surface area contributed by atoms with Gasteiger partial charge in [-0.3, -0.25) is 4.79 Å². The molecule has 0 aromatic heterocycles. The zero-order valence-corrected chi connectivity index (χ0v) is 10.7. The van der Waals surface area contributed by atoms with E-state index in [0.29, 0.717) is 31.6 Å². The monoisotopic (exact) mass is 264 g/mol. The van der Waals surface area contributed by atoms with Crippen LogP contribution in [0.25, 0.3) is 0 Å². The molecule has 0 bridgehead atoms. The van der Waals surface area contributed by atoms with Crippen LogP contribution in [-0.4, -0.2) is 25.2 Å². The maximum Gasteiger partial charge on any atom is 0.253 e. The van der Waals surface area contributed by atoms with E-state index < -0.39 is 6.10 Å². The highest BCUT2D eigenvalue weighted by molar-refractivity contribution is 5.94. The van der Waals surface area contributed by atoms with Crippen LogP contribution in [0.5, 0.6) is 0 Å². The van der Waals surface area contributed by atoms with Gasteiger partial charge in [-0.1, -0.05) is 6.07 Å². The number of rotatable bonds is 2. The maximum atomic E-state index is 14.3. The summed E-state index contributed by atoms with van der Waals surface area (Å²) in [5, 5.41) is 5.84. The first-order chi connectivity index (χ1) is 9.25. The molecule has 102 valence electrons. The third-order valence-electron chi connectivity index (χ3n) is 3.69. The molecule has 0 saturated carbocycles. The molecule has 0 aliphatic carbocycles. The molecule has 1 aromatic rings. The second-order valence-corrected chi connectivity index (χ2v) is 4.98. The summed E-state index contributed by atoms with van der Waals surface area (Å²) in [6.07, 6.45) is 1.82. The number of amides is 1. The number of hydrogen-bond acceptors (Lipinski definition) is 3. The van der Waals surface area contributed by atoms with Gasteiger partial charge in [0.1, 0.15) is 11.9 Å². The summed E-state index contributed by atoms with van der Waals surface area (Å²) in [7, 11) is 0. The molecule has 19 heavy (non-hydrogen) atoms. The van der Waals surface area contributed by atoms with Crippen molar-refractivity contribution < 1.29 is 13.9 Å². The Kier molecular flexibility index (Phi) is 3.48. The van der Waals surface area contributed by atoms with Crippen molar-refractivity contribution in [2.75, 3.05) is 18.5 Å². The molecule has 1 atom stereocenters. The Morgan fingerprint density at radius 1 is 1.47 bits per heavy atom. The van der Waals surface area contributed by atoms with Crippen molar-refractivity contribution in [3.8, 4) is 0 Å². The zero-order valence-electron chi connectivity index (χ0n) is 10.7. The zero-order chi connectivity index (χ0) is 13.2. The highest BCUT2D eigenvalue weighted by Gasteiger charge is 2.25. The fourth-order valence-corrected chi connectivity index (χ4v) is 2.63. The Morgan fingerprint density at radius 3 is 3.16 bits per heavy atom. The van der Waals surface area contributed by atoms with Gasteiger partial charge >= 0.3 is 0 Å². The van der Waals surface area contributed by atoms with Crippen molar-refractivity contribution >= 4 is 11.6 Å². The van der Waals surface area contributed by atoms with Gasteiger partial charge in [-0.15, -0.1) is 0 Å². The van der Waals surface area contributed by atoms with Gasteiger partial charge in [-0.2, -0.15) is 0 Å². The summed E-state index contributed by atoms with van der Waals surface area (Å²) in [5.41, 5.74) is 1.95. The Balaban J connectivity index is 1.79. The number of carbonyl (C=O) groups is 1. The smallest absolute Gasteiger partial charge is 0.253 e. The number of carbonyl (C=O) groups excluding carboxylic acids is 1. The summed E-state index contributed by atoms with van der Waals surface area (Å²) in [5.74, 6) is -0.546. The Labute approximate surface area is 111 Å². The van der Waals surface area contributed by atoms with Crippen molar-refractivity contribution in [1.82, 2.24) is 5.32 Å². The number of fused-ring (bicyclic) bond motifs is 1. The lowest BCUT2D eigenvalue weighted by atomic mass is 9.99. The molecule has 2 heterocycles. The van der Waals surface area contributed by atoms with Crippen molar-refractivity contribution in [1.29, 1.82) is 0 Å². The lowest BCUT2D eigenvalue weighted by Gasteiger charge is -2.20. The van der Waals surface area contributed by atoms with Crippen LogP contribution in [0.4, 0.5) is 10.1 Å². The van der Waals surface area contributed by atoms with Gasteiger partial charge in [0.05, 0.1) is 5.69 Å². The number of nitrogens with one attached hydrogen (secondary N) is 2. The lowest BCUT2D eigenvalue weighted by molar-refractivity contribution is -0.124. The van der Waals surface area contributed by atoms with Gasteiger partial charge in [0.25, 0.3) is 5.91 Å². The molecular formula is C14H17FN2O2. The minimum absolute atomic E-state index is 0.245. The Bertz CT molecular complexity index is 498. The molecule has 0 spiro atoms. The predicted molar refractivity (Wildman–Crippen MR) is 69.4 cm³/mol. The van der Waals surface area contributed by atoms with Gasteiger partial charge in [-0.25, -0.2) is 4.39 Å². The van der Waals surface area contributed by atoms with Crippen molar-refractivity contribution in [3.63, 3.8) is 0 Å². The van der Waals surface area contributed by atoms with Crippen LogP contribution in [0.1, 0.15) is 24.0 Å². The summed E-state index contributed by atoms with van der Waals surface area (Å²) in [4.78, 5) is 11.9. The first kappa shape index (κ1) is 12.6. The SMILES string of the molecule is O=C(Nc1ccc2c(c1F)CCNC2)C1CCCO1. The molecule has 1 aromatic carbocycles. The molecular weight excluding hydrogens is 247 g/mol. The Hall–Kier alpha value is -1.46. The van der Waals surface area contributed by atoms with Crippen molar-refractivity contribution in [2.45, 2.75) is 31.9 Å². The van der Waals surface area contributed by atoms with E-state index in [1.165, 1.54) is 0 Å². The number of benzene rings is 1. The van der Waals surface area contributed by atoms with E-state index in [1.807, 2.05) is 6.07 Å². The van der Waals surface area contributed by atoms with E-state index in [-0.39, 0.29) is 17.4 Å². The van der Waals surface area contributed by atoms with Gasteiger partial charge in [-0.05, 0) is 43.0 Å². The minimum atomic E-state index is -0.433. The summed E-state index contributed by atoms with van der Waals surface area (Å²) in [6, 6.07) is 3.50. The molecule has 4 nitrogen and oxygen atoms in total. The van der Waals surface area contributed by atoms with Gasteiger partial charge in [0.2, 0.25) is 0 Å². The van der Waals surface area contributed by atoms with Crippen LogP contribution in [-0.2, 0) is 22.5 Å². The van der Waals surface area contributed by atoms with Gasteiger partial charge < -0.3 is 15.4 Å². The first-order valence-electron chi connectivity index (χ1n) is 6.69. The van der Waals surface area contributed by atoms with Gasteiger partial charge in [0, 0.05) is 13.2 Å². The van der Waals surface area contributed by atoms with E-state index >= 15 is 0 Å². The minimum Gasteiger partial charge on any atom is -0.368 e. The molecule has 1 amide bonds. The van der Waals surface area contributed by atoms with E-state index in [4.69, 9.17) is 4.74 Å². The standard InChI is InChI=1S/C14H17FN2O2/c15-13-10-5-6-16-8-9(10)3-4-11(13)17-14(18)12-2-1-7-19-12/h3-4,12,16H,1-2,5-8H2,(H,17,18). The van der Waals surface area contributed by atoms with Crippen LogP contribution in [0.15, 0.2) is 12.1 Å². The number of ether oxygens (including phenoxy) is 1. The molecule has 2 aliphatic heterocycles. The number of halogens is 1. The van der Waals surface area contributed by atoms with E-state index in [2.05, 4.69) is 10.6 Å². The fourth-order valence-electron chi connectivity index (χ4n) is 2.63. The third kappa shape index (κ3) is 2.48. The van der Waals surface area contributed by atoms with Crippen LogP contribution < -0.4 is 10.6 Å². The number of anilines is 1. The largest absolute Gasteiger partial charge is 0.368 e. The fraction of sp³-hybridized carbons (Fsp3) is 0.500. The second kappa shape index (κ2) is 5.27. The molecule has 2 N–H and O–H groups in total. The van der Waals surface area contributed by atoms with Crippen LogP contribution in [0, 0.1) is 5.82 Å². The second-order valence-electron chi connectivity index (χ2n) is 4.98. The summed E-state index contributed by atoms with van der Waals surface area (Å²) in [6.45, 7) is 2.07. The number of hydrogen-bond donors (Lipinski definition) is 2. The predicted octanol–water partition coefficient (Wildman–Crippen LogP) is 1.59. The van der Waals surface area contributed by atoms with E-state index in [1.54, 1.807) is 6.07 Å². The quantitative estimate of drug-likeness (QED) is 0.853. The highest BCUT2D eigenvalue weighted by atomic mass is 19.1. The van der Waals surface area contributed by atoms with Gasteiger partial charge in [0.15, 0.2) is 0 Å². The summed E-state index contributed by atoms with van der Waals surface area (Å²) < 4.78 is 19.6. The molecule has 1 saturated heterocycles.